The van der Waals surface area contributed by atoms with E-state index in [1.807, 2.05) is 36.4 Å². The summed E-state index contributed by atoms with van der Waals surface area (Å²) in [5.41, 5.74) is 2.57. The molecule has 0 heterocycles. The molecule has 0 fully saturated rings. The standard InChI is InChI=1S/C25H23BrN2O4S/c1-2-31-24(30)18-8-11-20(12-9-18)27-25(33)28-23(29)21-16-19(26)10-13-22(21)32-15-14-17-6-4-3-5-7-17/h3-13,16H,2,14-15H2,1H3,(H2,27,28,29,33). The highest BCUT2D eigenvalue weighted by Crippen LogP contribution is 2.23. The van der Waals surface area contributed by atoms with Gasteiger partial charge >= 0.3 is 5.97 Å². The van der Waals surface area contributed by atoms with Crippen molar-refractivity contribution in [1.29, 1.82) is 0 Å². The third-order valence-corrected chi connectivity index (χ3v) is 5.26. The van der Waals surface area contributed by atoms with Gasteiger partial charge in [-0.15, -0.1) is 0 Å². The van der Waals surface area contributed by atoms with Crippen LogP contribution in [0.25, 0.3) is 0 Å². The first-order chi connectivity index (χ1) is 16.0. The summed E-state index contributed by atoms with van der Waals surface area (Å²) >= 11 is 8.68. The maximum Gasteiger partial charge on any atom is 0.338 e. The second-order valence-corrected chi connectivity index (χ2v) is 8.25. The number of halogens is 1. The molecule has 33 heavy (non-hydrogen) atoms. The molecule has 3 rings (SSSR count). The number of thiocarbonyl (C=S) groups is 1. The number of hydrogen-bond donors (Lipinski definition) is 2. The summed E-state index contributed by atoms with van der Waals surface area (Å²) in [5.74, 6) is -0.325. The number of esters is 1. The highest BCUT2D eigenvalue weighted by Gasteiger charge is 2.15. The van der Waals surface area contributed by atoms with Gasteiger partial charge in [0.05, 0.1) is 24.3 Å². The van der Waals surface area contributed by atoms with E-state index in [0.717, 1.165) is 16.5 Å². The molecule has 8 heteroatoms. The number of rotatable bonds is 8. The number of carbonyl (C=O) groups excluding carboxylic acids is 2. The average molecular weight is 527 g/mol. The minimum atomic E-state index is -0.397. The van der Waals surface area contributed by atoms with Crippen molar-refractivity contribution >= 4 is 50.8 Å². The van der Waals surface area contributed by atoms with Gasteiger partial charge in [0.1, 0.15) is 5.75 Å². The van der Waals surface area contributed by atoms with Crippen LogP contribution >= 0.6 is 28.1 Å². The number of ether oxygens (including phenoxy) is 2. The fourth-order valence-corrected chi connectivity index (χ4v) is 3.54. The van der Waals surface area contributed by atoms with E-state index in [9.17, 15) is 9.59 Å². The largest absolute Gasteiger partial charge is 0.492 e. The van der Waals surface area contributed by atoms with E-state index in [2.05, 4.69) is 26.6 Å². The Kier molecular flexibility index (Phi) is 8.97. The molecular formula is C25H23BrN2O4S. The molecule has 3 aromatic rings. The average Bonchev–Trinajstić information content (AvgIpc) is 2.81. The Morgan fingerprint density at radius 1 is 1.00 bits per heavy atom. The molecule has 0 saturated carbocycles. The Morgan fingerprint density at radius 3 is 2.42 bits per heavy atom. The molecule has 0 aliphatic carbocycles. The van der Waals surface area contributed by atoms with Crippen LogP contribution in [0, 0.1) is 0 Å². The summed E-state index contributed by atoms with van der Waals surface area (Å²) in [6, 6.07) is 21.8. The molecule has 1 amide bonds. The van der Waals surface area contributed by atoms with Crippen molar-refractivity contribution < 1.29 is 19.1 Å². The Morgan fingerprint density at radius 2 is 1.73 bits per heavy atom. The summed E-state index contributed by atoms with van der Waals surface area (Å²) in [7, 11) is 0. The third-order valence-electron chi connectivity index (χ3n) is 4.56. The predicted molar refractivity (Wildman–Crippen MR) is 136 cm³/mol. The van der Waals surface area contributed by atoms with Crippen molar-refractivity contribution in [2.75, 3.05) is 18.5 Å². The SMILES string of the molecule is CCOC(=O)c1ccc(NC(=S)NC(=O)c2cc(Br)ccc2OCCc2ccccc2)cc1. The Hall–Kier alpha value is -3.23. The Balaban J connectivity index is 1.60. The van der Waals surface area contributed by atoms with Crippen molar-refractivity contribution in [3.8, 4) is 5.75 Å². The number of carbonyl (C=O) groups is 2. The number of hydrogen-bond acceptors (Lipinski definition) is 5. The minimum Gasteiger partial charge on any atom is -0.492 e. The second-order valence-electron chi connectivity index (χ2n) is 6.93. The zero-order valence-corrected chi connectivity index (χ0v) is 20.4. The fourth-order valence-electron chi connectivity index (χ4n) is 2.97. The molecule has 0 spiro atoms. The first kappa shape index (κ1) is 24.4. The first-order valence-corrected chi connectivity index (χ1v) is 11.5. The van der Waals surface area contributed by atoms with Gasteiger partial charge in [-0.2, -0.15) is 0 Å². The van der Waals surface area contributed by atoms with Gasteiger partial charge in [0.15, 0.2) is 5.11 Å². The molecule has 2 N–H and O–H groups in total. The molecule has 0 saturated heterocycles. The molecule has 0 aromatic heterocycles. The van der Waals surface area contributed by atoms with Crippen molar-refractivity contribution in [3.63, 3.8) is 0 Å². The van der Waals surface area contributed by atoms with Gasteiger partial charge in [-0.25, -0.2) is 4.79 Å². The molecule has 0 unspecified atom stereocenters. The van der Waals surface area contributed by atoms with Gasteiger partial charge in [-0.3, -0.25) is 10.1 Å². The van der Waals surface area contributed by atoms with E-state index in [4.69, 9.17) is 21.7 Å². The lowest BCUT2D eigenvalue weighted by Gasteiger charge is -2.14. The molecule has 3 aromatic carbocycles. The molecule has 0 aliphatic heterocycles. The van der Waals surface area contributed by atoms with Crippen molar-refractivity contribution in [2.45, 2.75) is 13.3 Å². The van der Waals surface area contributed by atoms with Crippen LogP contribution in [0.5, 0.6) is 5.75 Å². The monoisotopic (exact) mass is 526 g/mol. The lowest BCUT2D eigenvalue weighted by molar-refractivity contribution is 0.0526. The van der Waals surface area contributed by atoms with Gasteiger partial charge < -0.3 is 14.8 Å². The van der Waals surface area contributed by atoms with Gasteiger partial charge in [-0.05, 0) is 67.2 Å². The van der Waals surface area contributed by atoms with E-state index < -0.39 is 11.9 Å². The molecule has 0 bridgehead atoms. The van der Waals surface area contributed by atoms with Crippen molar-refractivity contribution in [3.05, 3.63) is 94.0 Å². The van der Waals surface area contributed by atoms with E-state index >= 15 is 0 Å². The number of nitrogens with one attached hydrogen (secondary N) is 2. The van der Waals surface area contributed by atoms with Gasteiger partial charge in [0, 0.05) is 16.6 Å². The van der Waals surface area contributed by atoms with Gasteiger partial charge in [0.25, 0.3) is 5.91 Å². The van der Waals surface area contributed by atoms with Crippen LogP contribution in [0.4, 0.5) is 5.69 Å². The van der Waals surface area contributed by atoms with Crippen LogP contribution in [0.2, 0.25) is 0 Å². The van der Waals surface area contributed by atoms with Crippen LogP contribution < -0.4 is 15.4 Å². The van der Waals surface area contributed by atoms with E-state index in [1.165, 1.54) is 0 Å². The molecular weight excluding hydrogens is 504 g/mol. The predicted octanol–water partition coefficient (Wildman–Crippen LogP) is 5.37. The molecule has 170 valence electrons. The molecule has 0 atom stereocenters. The summed E-state index contributed by atoms with van der Waals surface area (Å²) < 4.78 is 11.6. The first-order valence-electron chi connectivity index (χ1n) is 10.3. The zero-order valence-electron chi connectivity index (χ0n) is 18.0. The summed E-state index contributed by atoms with van der Waals surface area (Å²) in [6.07, 6.45) is 0.722. The van der Waals surface area contributed by atoms with Crippen LogP contribution in [0.15, 0.2) is 77.3 Å². The maximum absolute atomic E-state index is 12.9. The maximum atomic E-state index is 12.9. The number of amides is 1. The molecule has 0 aliphatic rings. The molecule has 6 nitrogen and oxygen atoms in total. The second kappa shape index (κ2) is 12.1. The van der Waals surface area contributed by atoms with Gasteiger partial charge in [-0.1, -0.05) is 46.3 Å². The minimum absolute atomic E-state index is 0.124. The highest BCUT2D eigenvalue weighted by atomic mass is 79.9. The van der Waals surface area contributed by atoms with Crippen molar-refractivity contribution in [2.24, 2.45) is 0 Å². The quantitative estimate of drug-likeness (QED) is 0.303. The van der Waals surface area contributed by atoms with E-state index in [0.29, 0.717) is 35.8 Å². The summed E-state index contributed by atoms with van der Waals surface area (Å²) in [4.78, 5) is 24.6. The Labute approximate surface area is 206 Å². The highest BCUT2D eigenvalue weighted by molar-refractivity contribution is 9.10. The summed E-state index contributed by atoms with van der Waals surface area (Å²) in [6.45, 7) is 2.49. The van der Waals surface area contributed by atoms with Gasteiger partial charge in [0.2, 0.25) is 0 Å². The van der Waals surface area contributed by atoms with E-state index in [1.54, 1.807) is 43.3 Å². The third kappa shape index (κ3) is 7.40. The molecule has 0 radical (unpaired) electrons. The van der Waals surface area contributed by atoms with Crippen LogP contribution in [-0.4, -0.2) is 30.2 Å². The number of benzene rings is 3. The van der Waals surface area contributed by atoms with E-state index in [-0.39, 0.29) is 5.11 Å². The topological polar surface area (TPSA) is 76.7 Å². The smallest absolute Gasteiger partial charge is 0.338 e. The van der Waals surface area contributed by atoms with Crippen LogP contribution in [-0.2, 0) is 11.2 Å². The van der Waals surface area contributed by atoms with Crippen molar-refractivity contribution in [1.82, 2.24) is 5.32 Å². The van der Waals surface area contributed by atoms with Crippen LogP contribution in [0.3, 0.4) is 0 Å². The Bertz CT molecular complexity index is 1120. The lowest BCUT2D eigenvalue weighted by atomic mass is 10.1. The fraction of sp³-hybridized carbons (Fsp3) is 0.160. The normalized spacial score (nSPS) is 10.2. The summed E-state index contributed by atoms with van der Waals surface area (Å²) in [5, 5.41) is 5.73. The number of anilines is 1. The zero-order chi connectivity index (χ0) is 23.6. The lowest BCUT2D eigenvalue weighted by Crippen LogP contribution is -2.34. The van der Waals surface area contributed by atoms with Crippen LogP contribution in [0.1, 0.15) is 33.2 Å².